The van der Waals surface area contributed by atoms with Crippen molar-refractivity contribution in [3.05, 3.63) is 0 Å². The first-order valence-electron chi connectivity index (χ1n) is 5.54. The van der Waals surface area contributed by atoms with Crippen molar-refractivity contribution in [2.24, 2.45) is 0 Å². The zero-order chi connectivity index (χ0) is 10.0. The summed E-state index contributed by atoms with van der Waals surface area (Å²) in [5.41, 5.74) is 3.25. The maximum absolute atomic E-state index is 6.00. The van der Waals surface area contributed by atoms with Crippen LogP contribution in [-0.4, -0.2) is 56.0 Å². The second kappa shape index (κ2) is 4.14. The van der Waals surface area contributed by atoms with E-state index < -0.39 is 0 Å². The molecule has 0 bridgehead atoms. The molecule has 0 aliphatic carbocycles. The van der Waals surface area contributed by atoms with E-state index in [1.54, 1.807) is 0 Å². The van der Waals surface area contributed by atoms with Crippen molar-refractivity contribution in [1.82, 2.24) is 15.3 Å². The van der Waals surface area contributed by atoms with Gasteiger partial charge in [0.05, 0.1) is 6.61 Å². The van der Waals surface area contributed by atoms with Crippen LogP contribution in [0.1, 0.15) is 19.3 Å². The topological polar surface area (TPSA) is 27.7 Å². The molecule has 82 valence electrons. The van der Waals surface area contributed by atoms with Gasteiger partial charge in [-0.05, 0) is 20.5 Å². The predicted molar refractivity (Wildman–Crippen MR) is 55.8 cm³/mol. The highest BCUT2D eigenvalue weighted by atomic mass is 16.5. The van der Waals surface area contributed by atoms with E-state index >= 15 is 0 Å². The quantitative estimate of drug-likeness (QED) is 0.656. The molecule has 0 saturated carbocycles. The number of hydrazine groups is 1. The number of hydrogen-bond acceptors (Lipinski definition) is 4. The minimum absolute atomic E-state index is 0.0144. The number of piperidine rings is 1. The first-order valence-corrected chi connectivity index (χ1v) is 5.54. The number of nitrogens with zero attached hydrogens (tertiary/aromatic N) is 2. The third-order valence-electron chi connectivity index (χ3n) is 3.43. The summed E-state index contributed by atoms with van der Waals surface area (Å²) in [7, 11) is 4.17. The Kier molecular flexibility index (Phi) is 3.07. The zero-order valence-electron chi connectivity index (χ0n) is 9.25. The minimum Gasteiger partial charge on any atom is -0.359 e. The van der Waals surface area contributed by atoms with Gasteiger partial charge in [0.25, 0.3) is 0 Å². The highest BCUT2D eigenvalue weighted by Gasteiger charge is 2.41. The predicted octanol–water partition coefficient (Wildman–Crippen LogP) is 0.265. The molecular formula is C10H21N3O. The molecule has 2 saturated heterocycles. The Bertz CT molecular complexity index is 190. The average molecular weight is 199 g/mol. The molecule has 0 aromatic rings. The first kappa shape index (κ1) is 10.4. The lowest BCUT2D eigenvalue weighted by molar-refractivity contribution is -0.223. The molecule has 0 amide bonds. The standard InChI is InChI=1S/C10H21N3O/c1-11-13-6-3-9-14-10(13)4-7-12(2)8-5-10/h11H,3-9H2,1-2H3. The van der Waals surface area contributed by atoms with E-state index in [1.807, 2.05) is 7.05 Å². The molecule has 1 N–H and O–H groups in total. The van der Waals surface area contributed by atoms with Gasteiger partial charge in [-0.3, -0.25) is 5.43 Å². The van der Waals surface area contributed by atoms with Crippen LogP contribution in [0.25, 0.3) is 0 Å². The van der Waals surface area contributed by atoms with Crippen molar-refractivity contribution in [3.8, 4) is 0 Å². The first-order chi connectivity index (χ1) is 6.77. The molecule has 2 fully saturated rings. The van der Waals surface area contributed by atoms with Crippen LogP contribution in [0.15, 0.2) is 0 Å². The van der Waals surface area contributed by atoms with E-state index in [0.717, 1.165) is 45.5 Å². The Balaban J connectivity index is 2.03. The number of ether oxygens (including phenoxy) is 1. The van der Waals surface area contributed by atoms with Crippen LogP contribution in [0.3, 0.4) is 0 Å². The molecule has 2 heterocycles. The smallest absolute Gasteiger partial charge is 0.136 e. The zero-order valence-corrected chi connectivity index (χ0v) is 9.25. The molecule has 1 spiro atoms. The third-order valence-corrected chi connectivity index (χ3v) is 3.43. The van der Waals surface area contributed by atoms with E-state index in [-0.39, 0.29) is 5.72 Å². The van der Waals surface area contributed by atoms with E-state index in [9.17, 15) is 0 Å². The van der Waals surface area contributed by atoms with Crippen LogP contribution in [0.5, 0.6) is 0 Å². The molecular weight excluding hydrogens is 178 g/mol. The number of hydrogen-bond donors (Lipinski definition) is 1. The van der Waals surface area contributed by atoms with Crippen molar-refractivity contribution >= 4 is 0 Å². The van der Waals surface area contributed by atoms with Crippen LogP contribution >= 0.6 is 0 Å². The number of nitrogens with one attached hydrogen (secondary N) is 1. The van der Waals surface area contributed by atoms with Gasteiger partial charge in [0.2, 0.25) is 0 Å². The van der Waals surface area contributed by atoms with E-state index in [0.29, 0.717) is 0 Å². The lowest BCUT2D eigenvalue weighted by Gasteiger charge is -2.49. The number of rotatable bonds is 1. The Morgan fingerprint density at radius 1 is 1.21 bits per heavy atom. The van der Waals surface area contributed by atoms with Gasteiger partial charge < -0.3 is 9.64 Å². The Hall–Kier alpha value is -0.160. The van der Waals surface area contributed by atoms with E-state index in [2.05, 4.69) is 22.4 Å². The SMILES string of the molecule is CNN1CCCOC12CCN(C)CC2. The lowest BCUT2D eigenvalue weighted by Crippen LogP contribution is -2.62. The van der Waals surface area contributed by atoms with E-state index in [1.165, 1.54) is 0 Å². The summed E-state index contributed by atoms with van der Waals surface area (Å²) >= 11 is 0. The summed E-state index contributed by atoms with van der Waals surface area (Å²) in [4.78, 5) is 2.37. The maximum atomic E-state index is 6.00. The van der Waals surface area contributed by atoms with Crippen LogP contribution in [-0.2, 0) is 4.74 Å². The van der Waals surface area contributed by atoms with Crippen LogP contribution in [0.2, 0.25) is 0 Å². The van der Waals surface area contributed by atoms with Gasteiger partial charge >= 0.3 is 0 Å². The van der Waals surface area contributed by atoms with Gasteiger partial charge in [-0.25, -0.2) is 5.01 Å². The van der Waals surface area contributed by atoms with Crippen molar-refractivity contribution in [3.63, 3.8) is 0 Å². The second-order valence-electron chi connectivity index (χ2n) is 4.33. The van der Waals surface area contributed by atoms with Crippen molar-refractivity contribution < 1.29 is 4.74 Å². The number of likely N-dealkylation sites (tertiary alicyclic amines) is 1. The summed E-state index contributed by atoms with van der Waals surface area (Å²) in [6, 6.07) is 0. The highest BCUT2D eigenvalue weighted by molar-refractivity contribution is 4.87. The van der Waals surface area contributed by atoms with Gasteiger partial charge in [0.15, 0.2) is 0 Å². The molecule has 0 unspecified atom stereocenters. The van der Waals surface area contributed by atoms with Crippen LogP contribution in [0, 0.1) is 0 Å². The molecule has 4 nitrogen and oxygen atoms in total. The lowest BCUT2D eigenvalue weighted by atomic mass is 9.98. The van der Waals surface area contributed by atoms with E-state index in [4.69, 9.17) is 4.74 Å². The van der Waals surface area contributed by atoms with Crippen molar-refractivity contribution in [2.45, 2.75) is 25.0 Å². The Morgan fingerprint density at radius 2 is 1.93 bits per heavy atom. The molecule has 2 rings (SSSR count). The molecule has 0 aromatic carbocycles. The van der Waals surface area contributed by atoms with Gasteiger partial charge in [-0.2, -0.15) is 0 Å². The van der Waals surface area contributed by atoms with Gasteiger partial charge in [0.1, 0.15) is 5.72 Å². The van der Waals surface area contributed by atoms with Crippen molar-refractivity contribution in [2.75, 3.05) is 40.3 Å². The fourth-order valence-corrected chi connectivity index (χ4v) is 2.46. The molecule has 0 atom stereocenters. The maximum Gasteiger partial charge on any atom is 0.136 e. The molecule has 0 aromatic heterocycles. The monoisotopic (exact) mass is 199 g/mol. The second-order valence-corrected chi connectivity index (χ2v) is 4.33. The molecule has 14 heavy (non-hydrogen) atoms. The summed E-state index contributed by atoms with van der Waals surface area (Å²) in [5, 5.41) is 2.28. The molecule has 2 aliphatic rings. The fourth-order valence-electron chi connectivity index (χ4n) is 2.46. The van der Waals surface area contributed by atoms with Crippen LogP contribution in [0.4, 0.5) is 0 Å². The summed E-state index contributed by atoms with van der Waals surface area (Å²) in [6.45, 7) is 4.30. The fraction of sp³-hybridized carbons (Fsp3) is 1.00. The van der Waals surface area contributed by atoms with Gasteiger partial charge in [0, 0.05) is 32.5 Å². The Morgan fingerprint density at radius 3 is 2.57 bits per heavy atom. The Labute approximate surface area is 86.2 Å². The highest BCUT2D eigenvalue weighted by Crippen LogP contribution is 2.31. The summed E-state index contributed by atoms with van der Waals surface area (Å²) < 4.78 is 6.00. The molecule has 2 aliphatic heterocycles. The molecule has 0 radical (unpaired) electrons. The van der Waals surface area contributed by atoms with Crippen LogP contribution < -0.4 is 5.43 Å². The summed E-state index contributed by atoms with van der Waals surface area (Å²) in [5.74, 6) is 0. The minimum atomic E-state index is -0.0144. The molecule has 4 heteroatoms. The largest absolute Gasteiger partial charge is 0.359 e. The van der Waals surface area contributed by atoms with Gasteiger partial charge in [-0.1, -0.05) is 0 Å². The summed E-state index contributed by atoms with van der Waals surface area (Å²) in [6.07, 6.45) is 3.37. The van der Waals surface area contributed by atoms with Gasteiger partial charge in [-0.15, -0.1) is 0 Å². The normalized spacial score (nSPS) is 29.6. The third kappa shape index (κ3) is 1.80. The average Bonchev–Trinajstić information content (AvgIpc) is 2.23. The van der Waals surface area contributed by atoms with Crippen molar-refractivity contribution in [1.29, 1.82) is 0 Å².